The van der Waals surface area contributed by atoms with Gasteiger partial charge in [0.05, 0.1) is 15.5 Å². The van der Waals surface area contributed by atoms with Crippen LogP contribution >= 0.6 is 11.6 Å². The van der Waals surface area contributed by atoms with Gasteiger partial charge in [-0.15, -0.1) is 0 Å². The SMILES string of the molecule is CC1CCCN(CCCNC(=O)c2cc(S(=O)(=O)N3CCCCCC3)ccc2Cl)C1. The lowest BCUT2D eigenvalue weighted by molar-refractivity contribution is 0.0950. The molecule has 1 atom stereocenters. The van der Waals surface area contributed by atoms with E-state index in [1.807, 2.05) is 0 Å². The van der Waals surface area contributed by atoms with Crippen molar-refractivity contribution in [2.24, 2.45) is 5.92 Å². The summed E-state index contributed by atoms with van der Waals surface area (Å²) in [5, 5.41) is 3.17. The summed E-state index contributed by atoms with van der Waals surface area (Å²) in [6.07, 6.45) is 7.24. The first-order valence-electron chi connectivity index (χ1n) is 11.2. The Kier molecular flexibility index (Phi) is 8.57. The Bertz CT molecular complexity index is 823. The Hall–Kier alpha value is -1.15. The predicted octanol–water partition coefficient (Wildman–Crippen LogP) is 3.76. The number of amides is 1. The number of rotatable bonds is 7. The van der Waals surface area contributed by atoms with Crippen molar-refractivity contribution in [3.63, 3.8) is 0 Å². The Morgan fingerprint density at radius 3 is 2.57 bits per heavy atom. The van der Waals surface area contributed by atoms with Crippen molar-refractivity contribution in [3.8, 4) is 0 Å². The number of carbonyl (C=O) groups excluding carboxylic acids is 1. The zero-order chi connectivity index (χ0) is 21.6. The minimum Gasteiger partial charge on any atom is -0.352 e. The van der Waals surface area contributed by atoms with Crippen LogP contribution in [0.3, 0.4) is 0 Å². The topological polar surface area (TPSA) is 69.7 Å². The second kappa shape index (κ2) is 10.9. The first-order chi connectivity index (χ1) is 14.4. The normalized spacial score (nSPS) is 21.9. The third-order valence-electron chi connectivity index (χ3n) is 6.06. The number of piperidine rings is 1. The van der Waals surface area contributed by atoms with Gasteiger partial charge in [0.2, 0.25) is 10.0 Å². The quantitative estimate of drug-likeness (QED) is 0.635. The Labute approximate surface area is 186 Å². The van der Waals surface area contributed by atoms with Crippen molar-refractivity contribution >= 4 is 27.5 Å². The predicted molar refractivity (Wildman–Crippen MR) is 120 cm³/mol. The fourth-order valence-electron chi connectivity index (χ4n) is 4.36. The summed E-state index contributed by atoms with van der Waals surface area (Å²) in [6.45, 7) is 7.09. The summed E-state index contributed by atoms with van der Waals surface area (Å²) >= 11 is 6.23. The van der Waals surface area contributed by atoms with Crippen LogP contribution in [0.15, 0.2) is 23.1 Å². The molecule has 30 heavy (non-hydrogen) atoms. The van der Waals surface area contributed by atoms with Gasteiger partial charge in [-0.3, -0.25) is 4.79 Å². The smallest absolute Gasteiger partial charge is 0.252 e. The summed E-state index contributed by atoms with van der Waals surface area (Å²) in [5.74, 6) is 0.418. The molecule has 1 aromatic carbocycles. The van der Waals surface area contributed by atoms with E-state index in [0.29, 0.717) is 19.6 Å². The summed E-state index contributed by atoms with van der Waals surface area (Å²) in [5.41, 5.74) is 0.221. The minimum atomic E-state index is -3.62. The summed E-state index contributed by atoms with van der Waals surface area (Å²) in [4.78, 5) is 15.2. The van der Waals surface area contributed by atoms with Crippen molar-refractivity contribution in [1.82, 2.24) is 14.5 Å². The van der Waals surface area contributed by atoms with E-state index in [0.717, 1.165) is 57.7 Å². The summed E-state index contributed by atoms with van der Waals surface area (Å²) < 4.78 is 27.6. The van der Waals surface area contributed by atoms with Gasteiger partial charge in [-0.25, -0.2) is 8.42 Å². The van der Waals surface area contributed by atoms with Crippen molar-refractivity contribution in [2.45, 2.75) is 56.8 Å². The zero-order valence-electron chi connectivity index (χ0n) is 17.9. The molecule has 1 unspecified atom stereocenters. The molecule has 0 aliphatic carbocycles. The van der Waals surface area contributed by atoms with Gasteiger partial charge in [0.15, 0.2) is 0 Å². The van der Waals surface area contributed by atoms with Crippen LogP contribution in [0.4, 0.5) is 0 Å². The van der Waals surface area contributed by atoms with Gasteiger partial charge in [-0.05, 0) is 69.3 Å². The second-order valence-electron chi connectivity index (χ2n) is 8.62. The molecule has 3 rings (SSSR count). The maximum atomic E-state index is 13.0. The highest BCUT2D eigenvalue weighted by Gasteiger charge is 2.26. The van der Waals surface area contributed by atoms with Gasteiger partial charge in [0, 0.05) is 26.2 Å². The van der Waals surface area contributed by atoms with Crippen LogP contribution in [0.25, 0.3) is 0 Å². The largest absolute Gasteiger partial charge is 0.352 e. The van der Waals surface area contributed by atoms with E-state index in [1.165, 1.54) is 35.3 Å². The summed E-state index contributed by atoms with van der Waals surface area (Å²) in [6, 6.07) is 4.43. The number of nitrogens with one attached hydrogen (secondary N) is 1. The van der Waals surface area contributed by atoms with E-state index >= 15 is 0 Å². The van der Waals surface area contributed by atoms with Crippen LogP contribution in [0, 0.1) is 5.92 Å². The van der Waals surface area contributed by atoms with Crippen LogP contribution < -0.4 is 5.32 Å². The maximum Gasteiger partial charge on any atom is 0.252 e. The number of benzene rings is 1. The van der Waals surface area contributed by atoms with E-state index < -0.39 is 10.0 Å². The number of carbonyl (C=O) groups is 1. The fourth-order valence-corrected chi connectivity index (χ4v) is 6.11. The van der Waals surface area contributed by atoms with Gasteiger partial charge in [-0.2, -0.15) is 4.31 Å². The van der Waals surface area contributed by atoms with Crippen molar-refractivity contribution in [2.75, 3.05) is 39.3 Å². The number of nitrogens with zero attached hydrogens (tertiary/aromatic N) is 2. The van der Waals surface area contributed by atoms with Crippen LogP contribution in [-0.4, -0.2) is 62.8 Å². The highest BCUT2D eigenvalue weighted by atomic mass is 35.5. The third kappa shape index (κ3) is 6.19. The molecule has 2 heterocycles. The monoisotopic (exact) mass is 455 g/mol. The molecule has 1 amide bonds. The first kappa shape index (κ1) is 23.5. The molecule has 0 saturated carbocycles. The molecule has 2 aliphatic heterocycles. The Morgan fingerprint density at radius 2 is 1.87 bits per heavy atom. The average molecular weight is 456 g/mol. The highest BCUT2D eigenvalue weighted by Crippen LogP contribution is 2.25. The molecule has 1 aromatic rings. The van der Waals surface area contributed by atoms with Gasteiger partial charge >= 0.3 is 0 Å². The van der Waals surface area contributed by atoms with Gasteiger partial charge in [0.25, 0.3) is 5.91 Å². The molecule has 2 aliphatic rings. The number of hydrogen-bond donors (Lipinski definition) is 1. The molecule has 2 saturated heterocycles. The zero-order valence-corrected chi connectivity index (χ0v) is 19.5. The molecule has 8 heteroatoms. The van der Waals surface area contributed by atoms with Crippen LogP contribution in [0.1, 0.15) is 62.2 Å². The van der Waals surface area contributed by atoms with Gasteiger partial charge in [-0.1, -0.05) is 31.4 Å². The molecule has 1 N–H and O–H groups in total. The van der Waals surface area contributed by atoms with E-state index in [2.05, 4.69) is 17.1 Å². The van der Waals surface area contributed by atoms with Crippen molar-refractivity contribution in [3.05, 3.63) is 28.8 Å². The van der Waals surface area contributed by atoms with Crippen molar-refractivity contribution < 1.29 is 13.2 Å². The van der Waals surface area contributed by atoms with Crippen LogP contribution in [0.5, 0.6) is 0 Å². The molecule has 168 valence electrons. The van der Waals surface area contributed by atoms with E-state index in [1.54, 1.807) is 0 Å². The van der Waals surface area contributed by atoms with E-state index in [4.69, 9.17) is 11.6 Å². The molecule has 0 radical (unpaired) electrons. The van der Waals surface area contributed by atoms with Gasteiger partial charge in [0.1, 0.15) is 0 Å². The lowest BCUT2D eigenvalue weighted by atomic mass is 10.0. The molecule has 0 aromatic heterocycles. The Balaban J connectivity index is 1.59. The fraction of sp³-hybridized carbons (Fsp3) is 0.682. The van der Waals surface area contributed by atoms with E-state index in [9.17, 15) is 13.2 Å². The van der Waals surface area contributed by atoms with Crippen LogP contribution in [-0.2, 0) is 10.0 Å². The second-order valence-corrected chi connectivity index (χ2v) is 11.0. The maximum absolute atomic E-state index is 13.0. The minimum absolute atomic E-state index is 0.140. The molecule has 2 fully saturated rings. The molecule has 6 nitrogen and oxygen atoms in total. The van der Waals surface area contributed by atoms with E-state index in [-0.39, 0.29) is 21.4 Å². The lowest BCUT2D eigenvalue weighted by Crippen LogP contribution is -2.36. The number of likely N-dealkylation sites (tertiary alicyclic amines) is 1. The number of hydrogen-bond acceptors (Lipinski definition) is 4. The standard InChI is InChI=1S/C22H34ClN3O3S/c1-18-8-6-12-25(17-18)13-7-11-24-22(27)20-16-19(9-10-21(20)23)30(28,29)26-14-4-2-3-5-15-26/h9-10,16,18H,2-8,11-15,17H2,1H3,(H,24,27). The molecular formula is C22H34ClN3O3S. The summed E-state index contributed by atoms with van der Waals surface area (Å²) in [7, 11) is -3.62. The van der Waals surface area contributed by atoms with Crippen LogP contribution in [0.2, 0.25) is 5.02 Å². The number of sulfonamides is 1. The average Bonchev–Trinajstić information content (AvgIpc) is 3.01. The highest BCUT2D eigenvalue weighted by molar-refractivity contribution is 7.89. The molecule has 0 bridgehead atoms. The lowest BCUT2D eigenvalue weighted by Gasteiger charge is -2.30. The first-order valence-corrected chi connectivity index (χ1v) is 13.0. The van der Waals surface area contributed by atoms with Crippen molar-refractivity contribution in [1.29, 1.82) is 0 Å². The number of halogens is 1. The van der Waals surface area contributed by atoms with Gasteiger partial charge < -0.3 is 10.2 Å². The molecule has 0 spiro atoms. The Morgan fingerprint density at radius 1 is 1.13 bits per heavy atom. The molecular weight excluding hydrogens is 422 g/mol. The third-order valence-corrected chi connectivity index (χ3v) is 8.29.